The van der Waals surface area contributed by atoms with Crippen LogP contribution in [0.1, 0.15) is 25.2 Å². The van der Waals surface area contributed by atoms with Crippen LogP contribution >= 0.6 is 0 Å². The van der Waals surface area contributed by atoms with E-state index in [1.165, 1.54) is 18.3 Å². The minimum atomic E-state index is -3.79. The highest BCUT2D eigenvalue weighted by Gasteiger charge is 2.23. The van der Waals surface area contributed by atoms with Gasteiger partial charge in [-0.2, -0.15) is 4.98 Å². The van der Waals surface area contributed by atoms with Gasteiger partial charge in [0.2, 0.25) is 10.0 Å². The molecule has 2 heterocycles. The molecule has 0 amide bonds. The fourth-order valence-corrected chi connectivity index (χ4v) is 3.82. The highest BCUT2D eigenvalue weighted by molar-refractivity contribution is 7.89. The lowest BCUT2D eigenvalue weighted by atomic mass is 9.96. The molecule has 0 aliphatic carbocycles. The number of aliphatic hydroxyl groups excluding tert-OH is 1. The lowest BCUT2D eigenvalue weighted by Gasteiger charge is -2.22. The maximum atomic E-state index is 12.8. The van der Waals surface area contributed by atoms with Crippen molar-refractivity contribution in [3.63, 3.8) is 0 Å². The van der Waals surface area contributed by atoms with Crippen LogP contribution in [0.25, 0.3) is 22.8 Å². The first kappa shape index (κ1) is 21.8. The van der Waals surface area contributed by atoms with Crippen LogP contribution < -0.4 is 10.5 Å². The maximum absolute atomic E-state index is 12.8. The SMILES string of the molecule is Cc1noc(-c2nc(-c3cc(S(=O)(=O)NCC(C)(C)CO)ccc3C)cnc2N)n1. The quantitative estimate of drug-likeness (QED) is 0.505. The monoisotopic (exact) mass is 432 g/mol. The number of rotatable bonds is 7. The van der Waals surface area contributed by atoms with Gasteiger partial charge in [0, 0.05) is 24.1 Å². The van der Waals surface area contributed by atoms with Crippen molar-refractivity contribution in [1.29, 1.82) is 0 Å². The highest BCUT2D eigenvalue weighted by atomic mass is 32.2. The molecular weight excluding hydrogens is 408 g/mol. The molecule has 0 saturated heterocycles. The van der Waals surface area contributed by atoms with Crippen molar-refractivity contribution in [3.8, 4) is 22.8 Å². The zero-order valence-electron chi connectivity index (χ0n) is 17.2. The van der Waals surface area contributed by atoms with Gasteiger partial charge in [0.1, 0.15) is 0 Å². The predicted molar refractivity (Wildman–Crippen MR) is 111 cm³/mol. The molecule has 0 bridgehead atoms. The number of nitrogens with one attached hydrogen (secondary N) is 1. The molecule has 2 aromatic heterocycles. The van der Waals surface area contributed by atoms with Gasteiger partial charge in [-0.3, -0.25) is 0 Å². The number of nitrogens with two attached hydrogens (primary N) is 1. The third kappa shape index (κ3) is 4.64. The molecule has 0 spiro atoms. The first-order valence-electron chi connectivity index (χ1n) is 9.17. The molecule has 3 aromatic rings. The number of aliphatic hydroxyl groups is 1. The van der Waals surface area contributed by atoms with Gasteiger partial charge in [-0.25, -0.2) is 23.1 Å². The topological polar surface area (TPSA) is 157 Å². The van der Waals surface area contributed by atoms with E-state index in [1.807, 2.05) is 6.92 Å². The van der Waals surface area contributed by atoms with E-state index in [4.69, 9.17) is 10.3 Å². The van der Waals surface area contributed by atoms with Crippen LogP contribution in [0.3, 0.4) is 0 Å². The van der Waals surface area contributed by atoms with E-state index in [0.717, 1.165) is 5.56 Å². The molecule has 10 nitrogen and oxygen atoms in total. The average Bonchev–Trinajstić information content (AvgIpc) is 3.13. The summed E-state index contributed by atoms with van der Waals surface area (Å²) >= 11 is 0. The first-order chi connectivity index (χ1) is 14.0. The Morgan fingerprint density at radius 1 is 1.23 bits per heavy atom. The Hall–Kier alpha value is -2.89. The molecule has 0 saturated carbocycles. The molecule has 4 N–H and O–H groups in total. The van der Waals surface area contributed by atoms with Crippen LogP contribution in [0.5, 0.6) is 0 Å². The van der Waals surface area contributed by atoms with Crippen molar-refractivity contribution in [2.24, 2.45) is 5.41 Å². The van der Waals surface area contributed by atoms with E-state index in [-0.39, 0.29) is 35.4 Å². The summed E-state index contributed by atoms with van der Waals surface area (Å²) in [6.45, 7) is 6.99. The van der Waals surface area contributed by atoms with Gasteiger partial charge < -0.3 is 15.4 Å². The highest BCUT2D eigenvalue weighted by Crippen LogP contribution is 2.28. The van der Waals surface area contributed by atoms with E-state index in [9.17, 15) is 13.5 Å². The second-order valence-electron chi connectivity index (χ2n) is 7.76. The molecule has 0 radical (unpaired) electrons. The minimum Gasteiger partial charge on any atom is -0.396 e. The molecule has 0 unspecified atom stereocenters. The molecule has 160 valence electrons. The van der Waals surface area contributed by atoms with Crippen LogP contribution in [0.2, 0.25) is 0 Å². The van der Waals surface area contributed by atoms with Gasteiger partial charge >= 0.3 is 0 Å². The number of benzene rings is 1. The molecule has 0 atom stereocenters. The Balaban J connectivity index is 2.00. The van der Waals surface area contributed by atoms with Crippen LogP contribution in [0.4, 0.5) is 5.82 Å². The van der Waals surface area contributed by atoms with E-state index < -0.39 is 15.4 Å². The summed E-state index contributed by atoms with van der Waals surface area (Å²) in [5.41, 5.74) is 7.35. The van der Waals surface area contributed by atoms with Gasteiger partial charge in [-0.05, 0) is 31.5 Å². The van der Waals surface area contributed by atoms with Gasteiger partial charge in [-0.1, -0.05) is 25.1 Å². The number of sulfonamides is 1. The van der Waals surface area contributed by atoms with E-state index in [1.54, 1.807) is 26.8 Å². The second-order valence-corrected chi connectivity index (χ2v) is 9.53. The zero-order chi connectivity index (χ0) is 22.1. The van der Waals surface area contributed by atoms with Crippen LogP contribution in [-0.2, 0) is 10.0 Å². The Morgan fingerprint density at radius 3 is 2.60 bits per heavy atom. The van der Waals surface area contributed by atoms with Gasteiger partial charge in [-0.15, -0.1) is 0 Å². The first-order valence-corrected chi connectivity index (χ1v) is 10.7. The van der Waals surface area contributed by atoms with E-state index in [0.29, 0.717) is 17.1 Å². The molecule has 30 heavy (non-hydrogen) atoms. The molecule has 1 aromatic carbocycles. The lowest BCUT2D eigenvalue weighted by molar-refractivity contribution is 0.163. The maximum Gasteiger partial charge on any atom is 0.280 e. The largest absolute Gasteiger partial charge is 0.396 e. The Kier molecular flexibility index (Phi) is 5.88. The number of hydrogen-bond donors (Lipinski definition) is 3. The normalized spacial score (nSPS) is 12.3. The van der Waals surface area contributed by atoms with Crippen molar-refractivity contribution in [3.05, 3.63) is 35.8 Å². The third-order valence-corrected chi connectivity index (χ3v) is 5.89. The summed E-state index contributed by atoms with van der Waals surface area (Å²) < 4.78 is 33.2. The summed E-state index contributed by atoms with van der Waals surface area (Å²) in [5.74, 6) is 0.683. The van der Waals surface area contributed by atoms with Crippen LogP contribution in [0, 0.1) is 19.3 Å². The van der Waals surface area contributed by atoms with Gasteiger partial charge in [0.25, 0.3) is 5.89 Å². The lowest BCUT2D eigenvalue weighted by Crippen LogP contribution is -2.36. The minimum absolute atomic E-state index is 0.0747. The van der Waals surface area contributed by atoms with Crippen molar-refractivity contribution in [2.45, 2.75) is 32.6 Å². The standard InChI is InChI=1S/C19H24N6O4S/c1-11-5-6-13(30(27,28)22-9-19(3,4)10-26)7-14(11)15-8-21-17(20)16(24-15)18-23-12(2)25-29-18/h5-8,22,26H,9-10H2,1-4H3,(H2,20,21). The number of hydrogen-bond acceptors (Lipinski definition) is 9. The Bertz CT molecular complexity index is 1170. The number of nitrogens with zero attached hydrogens (tertiary/aromatic N) is 4. The van der Waals surface area contributed by atoms with E-state index >= 15 is 0 Å². The molecular formula is C19H24N6O4S. The van der Waals surface area contributed by atoms with Gasteiger partial charge in [0.05, 0.1) is 16.8 Å². The van der Waals surface area contributed by atoms with Crippen LogP contribution in [-0.4, -0.2) is 46.8 Å². The summed E-state index contributed by atoms with van der Waals surface area (Å²) in [7, 11) is -3.79. The fourth-order valence-electron chi connectivity index (χ4n) is 2.55. The van der Waals surface area contributed by atoms with Crippen molar-refractivity contribution in [2.75, 3.05) is 18.9 Å². The summed E-state index contributed by atoms with van der Waals surface area (Å²) in [6, 6.07) is 4.72. The fraction of sp³-hybridized carbons (Fsp3) is 0.368. The number of aromatic nitrogens is 4. The Morgan fingerprint density at radius 2 is 1.97 bits per heavy atom. The molecule has 0 aliphatic heterocycles. The van der Waals surface area contributed by atoms with Crippen LogP contribution in [0.15, 0.2) is 33.8 Å². The Labute approximate surface area is 174 Å². The average molecular weight is 433 g/mol. The molecule has 0 fully saturated rings. The molecule has 0 aliphatic rings. The molecule has 11 heteroatoms. The predicted octanol–water partition coefficient (Wildman–Crippen LogP) is 1.69. The summed E-state index contributed by atoms with van der Waals surface area (Å²) in [5, 5.41) is 13.1. The van der Waals surface area contributed by atoms with Crippen molar-refractivity contribution in [1.82, 2.24) is 24.8 Å². The smallest absolute Gasteiger partial charge is 0.280 e. The zero-order valence-corrected chi connectivity index (χ0v) is 18.0. The number of aryl methyl sites for hydroxylation is 2. The van der Waals surface area contributed by atoms with E-state index in [2.05, 4.69) is 24.8 Å². The van der Waals surface area contributed by atoms with Crippen molar-refractivity contribution < 1.29 is 18.0 Å². The summed E-state index contributed by atoms with van der Waals surface area (Å²) in [6.07, 6.45) is 1.46. The van der Waals surface area contributed by atoms with Crippen molar-refractivity contribution >= 4 is 15.8 Å². The van der Waals surface area contributed by atoms with Gasteiger partial charge in [0.15, 0.2) is 17.3 Å². The second kappa shape index (κ2) is 8.09. The third-order valence-electron chi connectivity index (χ3n) is 4.50. The molecule has 3 rings (SSSR count). The summed E-state index contributed by atoms with van der Waals surface area (Å²) in [4.78, 5) is 12.8. The number of anilines is 1. The number of nitrogen functional groups attached to an aromatic ring is 1.